The van der Waals surface area contributed by atoms with E-state index in [1.54, 1.807) is 12.3 Å². The molecular formula is C10H12N2O2. The number of rotatable bonds is 2. The van der Waals surface area contributed by atoms with Gasteiger partial charge in [-0.25, -0.2) is 9.78 Å². The van der Waals surface area contributed by atoms with Gasteiger partial charge in [0, 0.05) is 12.2 Å². The van der Waals surface area contributed by atoms with Crippen LogP contribution < -0.4 is 5.32 Å². The summed E-state index contributed by atoms with van der Waals surface area (Å²) in [6.07, 6.45) is 2.86. The van der Waals surface area contributed by atoms with Gasteiger partial charge in [-0.3, -0.25) is 0 Å². The Kier molecular flexibility index (Phi) is 2.45. The fraction of sp³-hybridized carbons (Fsp3) is 0.400. The van der Waals surface area contributed by atoms with Gasteiger partial charge >= 0.3 is 5.97 Å². The average molecular weight is 192 g/mol. The molecule has 1 aromatic rings. The zero-order chi connectivity index (χ0) is 9.97. The van der Waals surface area contributed by atoms with Crippen LogP contribution in [-0.4, -0.2) is 24.6 Å². The van der Waals surface area contributed by atoms with Crippen LogP contribution in [0.3, 0.4) is 0 Å². The summed E-state index contributed by atoms with van der Waals surface area (Å²) < 4.78 is 4.56. The molecule has 1 fully saturated rings. The van der Waals surface area contributed by atoms with Crippen molar-refractivity contribution in [1.29, 1.82) is 0 Å². The molecule has 0 bridgehead atoms. The van der Waals surface area contributed by atoms with E-state index in [9.17, 15) is 4.79 Å². The van der Waals surface area contributed by atoms with Crippen LogP contribution in [0.25, 0.3) is 0 Å². The number of nitrogens with zero attached hydrogens (tertiary/aromatic N) is 1. The molecule has 0 spiro atoms. The van der Waals surface area contributed by atoms with Crippen molar-refractivity contribution in [3.63, 3.8) is 0 Å². The van der Waals surface area contributed by atoms with E-state index in [1.165, 1.54) is 7.11 Å². The molecule has 14 heavy (non-hydrogen) atoms. The lowest BCUT2D eigenvalue weighted by molar-refractivity contribution is 0.0594. The molecule has 1 aliphatic rings. The molecule has 0 amide bonds. The maximum atomic E-state index is 11.1. The quantitative estimate of drug-likeness (QED) is 0.707. The van der Waals surface area contributed by atoms with Gasteiger partial charge in [-0.05, 0) is 24.6 Å². The summed E-state index contributed by atoms with van der Waals surface area (Å²) in [5.74, 6) is -0.391. The van der Waals surface area contributed by atoms with Crippen LogP contribution in [0.1, 0.15) is 28.5 Å². The van der Waals surface area contributed by atoms with E-state index in [1.807, 2.05) is 6.07 Å². The lowest BCUT2D eigenvalue weighted by Crippen LogP contribution is -2.35. The first-order valence-corrected chi connectivity index (χ1v) is 4.59. The normalized spacial score (nSPS) is 19.9. The summed E-state index contributed by atoms with van der Waals surface area (Å²) in [6, 6.07) is 4.02. The topological polar surface area (TPSA) is 51.2 Å². The van der Waals surface area contributed by atoms with Crippen LogP contribution in [0, 0.1) is 0 Å². The van der Waals surface area contributed by atoms with Gasteiger partial charge in [0.15, 0.2) is 0 Å². The Hall–Kier alpha value is -1.42. The number of esters is 1. The smallest absolute Gasteiger partial charge is 0.356 e. The number of ether oxygens (including phenoxy) is 1. The molecule has 2 rings (SSSR count). The van der Waals surface area contributed by atoms with Crippen molar-refractivity contribution < 1.29 is 9.53 Å². The van der Waals surface area contributed by atoms with Gasteiger partial charge < -0.3 is 10.1 Å². The number of hydrogen-bond acceptors (Lipinski definition) is 4. The third kappa shape index (κ3) is 1.61. The Morgan fingerprint density at radius 3 is 2.86 bits per heavy atom. The highest BCUT2D eigenvalue weighted by Gasteiger charge is 2.18. The molecular weight excluding hydrogens is 180 g/mol. The van der Waals surface area contributed by atoms with Crippen molar-refractivity contribution in [2.45, 2.75) is 12.5 Å². The predicted molar refractivity (Wildman–Crippen MR) is 50.9 cm³/mol. The van der Waals surface area contributed by atoms with Crippen molar-refractivity contribution in [3.05, 3.63) is 29.6 Å². The summed E-state index contributed by atoms with van der Waals surface area (Å²) >= 11 is 0. The molecule has 0 aliphatic carbocycles. The summed E-state index contributed by atoms with van der Waals surface area (Å²) in [5, 5.41) is 3.27. The third-order valence-electron chi connectivity index (χ3n) is 2.41. The third-order valence-corrected chi connectivity index (χ3v) is 2.41. The summed E-state index contributed by atoms with van der Waals surface area (Å²) in [5.41, 5.74) is 1.49. The minimum Gasteiger partial charge on any atom is -0.464 e. The van der Waals surface area contributed by atoms with E-state index < -0.39 is 5.97 Å². The summed E-state index contributed by atoms with van der Waals surface area (Å²) in [6.45, 7) is 1.06. The summed E-state index contributed by atoms with van der Waals surface area (Å²) in [7, 11) is 1.35. The highest BCUT2D eigenvalue weighted by atomic mass is 16.5. The SMILES string of the molecule is COC(=O)c1ccc([C@@H]2CCN2)cn1. The molecule has 1 aromatic heterocycles. The lowest BCUT2D eigenvalue weighted by atomic mass is 10.00. The van der Waals surface area contributed by atoms with E-state index in [0.29, 0.717) is 11.7 Å². The van der Waals surface area contributed by atoms with E-state index in [2.05, 4.69) is 15.0 Å². The highest BCUT2D eigenvalue weighted by Crippen LogP contribution is 2.21. The fourth-order valence-electron chi connectivity index (χ4n) is 1.41. The Bertz CT molecular complexity index is 330. The van der Waals surface area contributed by atoms with Gasteiger partial charge in [0.05, 0.1) is 7.11 Å². The Balaban J connectivity index is 2.13. The Morgan fingerprint density at radius 1 is 1.64 bits per heavy atom. The molecule has 1 aliphatic heterocycles. The van der Waals surface area contributed by atoms with Crippen molar-refractivity contribution in [3.8, 4) is 0 Å². The number of aromatic nitrogens is 1. The number of carbonyl (C=O) groups is 1. The molecule has 0 saturated carbocycles. The zero-order valence-electron chi connectivity index (χ0n) is 7.99. The molecule has 1 atom stereocenters. The maximum Gasteiger partial charge on any atom is 0.356 e. The molecule has 0 aromatic carbocycles. The van der Waals surface area contributed by atoms with Crippen LogP contribution in [0.5, 0.6) is 0 Å². The lowest BCUT2D eigenvalue weighted by Gasteiger charge is -2.27. The van der Waals surface area contributed by atoms with Crippen molar-refractivity contribution in [2.24, 2.45) is 0 Å². The van der Waals surface area contributed by atoms with E-state index in [4.69, 9.17) is 0 Å². The predicted octanol–water partition coefficient (Wildman–Crippen LogP) is 0.903. The molecule has 4 nitrogen and oxygen atoms in total. The molecule has 74 valence electrons. The van der Waals surface area contributed by atoms with Crippen molar-refractivity contribution >= 4 is 5.97 Å². The monoisotopic (exact) mass is 192 g/mol. The van der Waals surface area contributed by atoms with Crippen molar-refractivity contribution in [1.82, 2.24) is 10.3 Å². The zero-order valence-corrected chi connectivity index (χ0v) is 7.99. The minimum atomic E-state index is -0.391. The van der Waals surface area contributed by atoms with Gasteiger partial charge in [-0.15, -0.1) is 0 Å². The molecule has 0 radical (unpaired) electrons. The van der Waals surface area contributed by atoms with E-state index in [-0.39, 0.29) is 0 Å². The van der Waals surface area contributed by atoms with Gasteiger partial charge in [0.1, 0.15) is 5.69 Å². The molecule has 1 N–H and O–H groups in total. The second kappa shape index (κ2) is 3.75. The number of hydrogen-bond donors (Lipinski definition) is 1. The molecule has 4 heteroatoms. The second-order valence-electron chi connectivity index (χ2n) is 3.26. The number of pyridine rings is 1. The summed E-state index contributed by atoms with van der Waals surface area (Å²) in [4.78, 5) is 15.1. The molecule has 1 saturated heterocycles. The standard InChI is InChI=1S/C10H12N2O2/c1-14-10(13)9-3-2-7(6-12-9)8-4-5-11-8/h2-3,6,8,11H,4-5H2,1H3/t8-/m0/s1. The second-order valence-corrected chi connectivity index (χ2v) is 3.26. The first-order valence-electron chi connectivity index (χ1n) is 4.59. The first kappa shape index (κ1) is 9.15. The number of nitrogens with one attached hydrogen (secondary N) is 1. The van der Waals surface area contributed by atoms with E-state index in [0.717, 1.165) is 18.5 Å². The Labute approximate surface area is 82.3 Å². The van der Waals surface area contributed by atoms with Gasteiger partial charge in [0.25, 0.3) is 0 Å². The van der Waals surface area contributed by atoms with Gasteiger partial charge in [-0.2, -0.15) is 0 Å². The van der Waals surface area contributed by atoms with Crippen LogP contribution in [-0.2, 0) is 4.74 Å². The van der Waals surface area contributed by atoms with Crippen LogP contribution in [0.2, 0.25) is 0 Å². The minimum absolute atomic E-state index is 0.357. The highest BCUT2D eigenvalue weighted by molar-refractivity contribution is 5.86. The fourth-order valence-corrected chi connectivity index (χ4v) is 1.41. The maximum absolute atomic E-state index is 11.1. The average Bonchev–Trinajstić information content (AvgIpc) is 2.15. The van der Waals surface area contributed by atoms with Crippen LogP contribution >= 0.6 is 0 Å². The van der Waals surface area contributed by atoms with E-state index >= 15 is 0 Å². The largest absolute Gasteiger partial charge is 0.464 e. The number of carbonyl (C=O) groups excluding carboxylic acids is 1. The number of methoxy groups -OCH3 is 1. The van der Waals surface area contributed by atoms with Gasteiger partial charge in [-0.1, -0.05) is 6.07 Å². The van der Waals surface area contributed by atoms with Crippen molar-refractivity contribution in [2.75, 3.05) is 13.7 Å². The first-order chi connectivity index (χ1) is 6.81. The molecule has 0 unspecified atom stereocenters. The van der Waals surface area contributed by atoms with Gasteiger partial charge in [0.2, 0.25) is 0 Å². The Morgan fingerprint density at radius 2 is 2.43 bits per heavy atom. The molecule has 2 heterocycles. The van der Waals surface area contributed by atoms with Crippen LogP contribution in [0.15, 0.2) is 18.3 Å². The van der Waals surface area contributed by atoms with Crippen LogP contribution in [0.4, 0.5) is 0 Å².